The van der Waals surface area contributed by atoms with Gasteiger partial charge < -0.3 is 9.64 Å². The van der Waals surface area contributed by atoms with Crippen molar-refractivity contribution in [2.75, 3.05) is 18.0 Å². The van der Waals surface area contributed by atoms with Crippen molar-refractivity contribution < 1.29 is 9.53 Å². The number of anilines is 1. The van der Waals surface area contributed by atoms with Crippen LogP contribution in [0.5, 0.6) is 5.75 Å². The number of esters is 1. The van der Waals surface area contributed by atoms with Crippen LogP contribution in [0.4, 0.5) is 17.1 Å². The number of carbonyl (C=O) groups is 1. The van der Waals surface area contributed by atoms with Gasteiger partial charge in [-0.05, 0) is 80.4 Å². The van der Waals surface area contributed by atoms with E-state index in [1.165, 1.54) is 31.2 Å². The predicted octanol–water partition coefficient (Wildman–Crippen LogP) is 7.73. The van der Waals surface area contributed by atoms with E-state index in [9.17, 15) is 25.8 Å². The summed E-state index contributed by atoms with van der Waals surface area (Å²) in [6.07, 6.45) is 0. The maximum atomic E-state index is 11.9. The van der Waals surface area contributed by atoms with Crippen LogP contribution in [0, 0.1) is 45.3 Å². The lowest BCUT2D eigenvalue weighted by Gasteiger charge is -2.20. The molecule has 0 aromatic heterocycles. The fourth-order valence-electron chi connectivity index (χ4n) is 4.11. The first-order valence-electron chi connectivity index (χ1n) is 13.2. The van der Waals surface area contributed by atoms with Crippen molar-refractivity contribution in [1.82, 2.24) is 0 Å². The monoisotopic (exact) mass is 565 g/mol. The van der Waals surface area contributed by atoms with E-state index in [-0.39, 0.29) is 33.6 Å². The second-order valence-electron chi connectivity index (χ2n) is 9.08. The molecule has 0 bridgehead atoms. The zero-order valence-electron chi connectivity index (χ0n) is 24.0. The second kappa shape index (κ2) is 14.9. The summed E-state index contributed by atoms with van der Waals surface area (Å²) in [6, 6.07) is 27.8. The number of rotatable bonds is 10. The highest BCUT2D eigenvalue weighted by Crippen LogP contribution is 2.37. The predicted molar refractivity (Wildman–Crippen MR) is 164 cm³/mol. The van der Waals surface area contributed by atoms with E-state index in [0.717, 1.165) is 18.8 Å². The number of nitriles is 4. The number of benzene rings is 3. The molecule has 3 aromatic rings. The Morgan fingerprint density at radius 1 is 0.721 bits per heavy atom. The number of azo groups is 1. The highest BCUT2D eigenvalue weighted by atomic mass is 16.5. The molecule has 210 valence electrons. The van der Waals surface area contributed by atoms with Crippen molar-refractivity contribution >= 4 is 34.2 Å². The van der Waals surface area contributed by atoms with E-state index >= 15 is 0 Å². The van der Waals surface area contributed by atoms with Gasteiger partial charge in [0.1, 0.15) is 41.2 Å². The normalized spacial score (nSPS) is 9.93. The van der Waals surface area contributed by atoms with Gasteiger partial charge in [0.2, 0.25) is 0 Å². The van der Waals surface area contributed by atoms with E-state index in [1.807, 2.05) is 48.5 Å². The van der Waals surface area contributed by atoms with E-state index in [1.54, 1.807) is 24.3 Å². The van der Waals surface area contributed by atoms with Crippen LogP contribution >= 0.6 is 0 Å². The fourth-order valence-corrected chi connectivity index (χ4v) is 4.11. The Morgan fingerprint density at radius 3 is 1.49 bits per heavy atom. The Labute approximate surface area is 250 Å². The number of nitrogens with zero attached hydrogens (tertiary/aromatic N) is 7. The molecule has 9 nitrogen and oxygen atoms in total. The van der Waals surface area contributed by atoms with Crippen LogP contribution in [0.3, 0.4) is 0 Å². The van der Waals surface area contributed by atoms with Gasteiger partial charge in [-0.15, -0.1) is 0 Å². The van der Waals surface area contributed by atoms with Crippen LogP contribution in [0.15, 0.2) is 106 Å². The lowest BCUT2D eigenvalue weighted by Crippen LogP contribution is -2.21. The quantitative estimate of drug-likeness (QED) is 0.0609. The van der Waals surface area contributed by atoms with Gasteiger partial charge in [-0.1, -0.05) is 30.8 Å². The van der Waals surface area contributed by atoms with Gasteiger partial charge in [-0.2, -0.15) is 31.3 Å². The van der Waals surface area contributed by atoms with Crippen molar-refractivity contribution in [3.8, 4) is 30.0 Å². The Bertz CT molecular complexity index is 1730. The van der Waals surface area contributed by atoms with Gasteiger partial charge in [0.05, 0.1) is 11.4 Å². The van der Waals surface area contributed by atoms with Crippen LogP contribution in [-0.4, -0.2) is 19.1 Å². The van der Waals surface area contributed by atoms with Crippen LogP contribution in [0.1, 0.15) is 31.9 Å². The molecule has 0 radical (unpaired) electrons. The Morgan fingerprint density at radius 2 is 1.12 bits per heavy atom. The van der Waals surface area contributed by atoms with Crippen LogP contribution in [-0.2, 0) is 4.79 Å². The molecular formula is C34H27N7O2. The molecule has 0 amide bonds. The minimum absolute atomic E-state index is 0.0866. The van der Waals surface area contributed by atoms with E-state index in [4.69, 9.17) is 4.74 Å². The third kappa shape index (κ3) is 7.68. The van der Waals surface area contributed by atoms with Crippen molar-refractivity contribution in [1.29, 1.82) is 21.0 Å². The molecule has 0 spiro atoms. The zero-order chi connectivity index (χ0) is 31.4. The van der Waals surface area contributed by atoms with E-state index in [0.29, 0.717) is 22.5 Å². The lowest BCUT2D eigenvalue weighted by atomic mass is 9.86. The van der Waals surface area contributed by atoms with Gasteiger partial charge in [0, 0.05) is 35.5 Å². The van der Waals surface area contributed by atoms with Crippen molar-refractivity contribution in [2.45, 2.75) is 20.8 Å². The summed E-state index contributed by atoms with van der Waals surface area (Å²) < 4.78 is 5.23. The Hall–Kier alpha value is -6.29. The average Bonchev–Trinajstić information content (AvgIpc) is 3.03. The SMILES string of the molecule is C=C(C)C(=O)Oc1ccc(C(=C(C#N)C#N)C(=C(C#N)C#N)c2ccc(N=Nc3ccc(N(CC)CC)cc3)cc2)cc1. The standard InChI is InChI=1S/C34H27N7O2/c1-5-41(6-2)30-15-13-29(14-16-30)40-39-28-11-7-24(8-12-28)32(26(19-35)20-36)33(27(21-37)22-38)25-9-17-31(18-10-25)43-34(42)23(3)4/h7-18H,3,5-6H2,1-2,4H3. The molecule has 3 aromatic carbocycles. The lowest BCUT2D eigenvalue weighted by molar-refractivity contribution is -0.130. The summed E-state index contributed by atoms with van der Waals surface area (Å²) in [7, 11) is 0. The molecule has 9 heteroatoms. The average molecular weight is 566 g/mol. The molecule has 0 aliphatic heterocycles. The molecule has 0 aliphatic rings. The largest absolute Gasteiger partial charge is 0.423 e. The van der Waals surface area contributed by atoms with Gasteiger partial charge in [0.15, 0.2) is 0 Å². The van der Waals surface area contributed by atoms with Gasteiger partial charge in [-0.25, -0.2) is 4.79 Å². The third-order valence-corrected chi connectivity index (χ3v) is 6.31. The highest BCUT2D eigenvalue weighted by molar-refractivity contribution is 6.11. The minimum atomic E-state index is -0.607. The minimum Gasteiger partial charge on any atom is -0.423 e. The number of allylic oxidation sites excluding steroid dienone is 4. The summed E-state index contributed by atoms with van der Waals surface area (Å²) >= 11 is 0. The first-order valence-corrected chi connectivity index (χ1v) is 13.2. The summed E-state index contributed by atoms with van der Waals surface area (Å²) in [5.74, 6) is -0.390. The maximum absolute atomic E-state index is 11.9. The number of hydrogen-bond donors (Lipinski definition) is 0. The van der Waals surface area contributed by atoms with Gasteiger partial charge in [-0.3, -0.25) is 0 Å². The molecule has 0 atom stereocenters. The van der Waals surface area contributed by atoms with Crippen molar-refractivity contribution in [3.63, 3.8) is 0 Å². The van der Waals surface area contributed by atoms with Crippen LogP contribution in [0.2, 0.25) is 0 Å². The van der Waals surface area contributed by atoms with E-state index < -0.39 is 5.97 Å². The van der Waals surface area contributed by atoms with Crippen LogP contribution < -0.4 is 9.64 Å². The zero-order valence-corrected chi connectivity index (χ0v) is 24.0. The molecule has 0 saturated heterocycles. The highest BCUT2D eigenvalue weighted by Gasteiger charge is 2.21. The molecule has 0 aliphatic carbocycles. The van der Waals surface area contributed by atoms with Crippen LogP contribution in [0.25, 0.3) is 11.1 Å². The molecule has 0 heterocycles. The molecule has 0 unspecified atom stereocenters. The molecular weight excluding hydrogens is 538 g/mol. The number of hydrogen-bond acceptors (Lipinski definition) is 9. The topological polar surface area (TPSA) is 149 Å². The molecule has 0 fully saturated rings. The first kappa shape index (κ1) is 31.2. The number of ether oxygens (including phenoxy) is 1. The van der Waals surface area contributed by atoms with Gasteiger partial charge in [0.25, 0.3) is 0 Å². The summed E-state index contributed by atoms with van der Waals surface area (Å²) in [6.45, 7) is 11.1. The third-order valence-electron chi connectivity index (χ3n) is 6.31. The van der Waals surface area contributed by atoms with Gasteiger partial charge >= 0.3 is 5.97 Å². The van der Waals surface area contributed by atoms with Crippen molar-refractivity contribution in [3.05, 3.63) is 107 Å². The molecule has 43 heavy (non-hydrogen) atoms. The smallest absolute Gasteiger partial charge is 0.338 e. The molecule has 0 N–H and O–H groups in total. The first-order chi connectivity index (χ1) is 20.8. The van der Waals surface area contributed by atoms with Crippen molar-refractivity contribution in [2.24, 2.45) is 10.2 Å². The Kier molecular flexibility index (Phi) is 10.8. The summed E-state index contributed by atoms with van der Waals surface area (Å²) in [5.41, 5.74) is 2.87. The molecule has 0 saturated carbocycles. The summed E-state index contributed by atoms with van der Waals surface area (Å²) in [4.78, 5) is 14.1. The fraction of sp³-hybridized carbons (Fsp3) is 0.147. The summed E-state index contributed by atoms with van der Waals surface area (Å²) in [5, 5.41) is 47.8. The Balaban J connectivity index is 2.02. The number of carbonyl (C=O) groups excluding carboxylic acids is 1. The molecule has 3 rings (SSSR count). The maximum Gasteiger partial charge on any atom is 0.338 e. The second-order valence-corrected chi connectivity index (χ2v) is 9.08. The van der Waals surface area contributed by atoms with E-state index in [2.05, 4.69) is 35.6 Å².